The summed E-state index contributed by atoms with van der Waals surface area (Å²) in [5.74, 6) is 0. The zero-order valence-electron chi connectivity index (χ0n) is 12.8. The first kappa shape index (κ1) is 15.9. The second kappa shape index (κ2) is 6.66. The monoisotopic (exact) mass is 333 g/mol. The van der Waals surface area contributed by atoms with Gasteiger partial charge in [0.1, 0.15) is 6.10 Å². The van der Waals surface area contributed by atoms with Gasteiger partial charge in [-0.25, -0.2) is 13.1 Å². The Labute approximate surface area is 135 Å². The third kappa shape index (κ3) is 4.07. The van der Waals surface area contributed by atoms with E-state index in [4.69, 9.17) is 4.74 Å². The lowest BCUT2D eigenvalue weighted by Gasteiger charge is -2.17. The van der Waals surface area contributed by atoms with Crippen molar-refractivity contribution in [2.24, 2.45) is 7.05 Å². The van der Waals surface area contributed by atoms with E-state index in [1.807, 2.05) is 43.6 Å². The summed E-state index contributed by atoms with van der Waals surface area (Å²) in [6.45, 7) is 0.523. The van der Waals surface area contributed by atoms with Crippen molar-refractivity contribution < 1.29 is 13.2 Å². The number of ether oxygens (including phenoxy) is 1. The number of aryl methyl sites for hydroxylation is 1. The lowest BCUT2D eigenvalue weighted by molar-refractivity contribution is 0.102. The Bertz CT molecular complexity index is 784. The first-order chi connectivity index (χ1) is 11.0. The summed E-state index contributed by atoms with van der Waals surface area (Å²) in [5, 5.41) is 5.31. The molecule has 3 rings (SSSR count). The van der Waals surface area contributed by atoms with Crippen LogP contribution in [0.25, 0.3) is 6.08 Å². The molecular formula is C16H19N3O3S. The molecule has 1 fully saturated rings. The van der Waals surface area contributed by atoms with E-state index < -0.39 is 10.0 Å². The quantitative estimate of drug-likeness (QED) is 0.906. The molecule has 2 heterocycles. The first-order valence-electron chi connectivity index (χ1n) is 7.39. The molecule has 0 bridgehead atoms. The summed E-state index contributed by atoms with van der Waals surface area (Å²) in [7, 11) is -1.72. The highest BCUT2D eigenvalue weighted by Gasteiger charge is 2.32. The molecule has 7 heteroatoms. The van der Waals surface area contributed by atoms with Crippen molar-refractivity contribution in [1.82, 2.24) is 14.5 Å². The fraction of sp³-hybridized carbons (Fsp3) is 0.312. The molecule has 0 saturated carbocycles. The minimum Gasteiger partial charge on any atom is -0.372 e. The zero-order chi connectivity index (χ0) is 16.3. The summed E-state index contributed by atoms with van der Waals surface area (Å²) < 4.78 is 34.6. The number of benzene rings is 1. The van der Waals surface area contributed by atoms with Crippen LogP contribution in [-0.4, -0.2) is 30.8 Å². The SMILES string of the molecule is Cn1cc([C@H]2OCC[C@@H]2NS(=O)(=O)C=Cc2ccccc2)cn1. The normalized spacial score (nSPS) is 22.0. The molecule has 1 aliphatic heterocycles. The fourth-order valence-corrected chi connectivity index (χ4v) is 3.69. The highest BCUT2D eigenvalue weighted by atomic mass is 32.2. The van der Waals surface area contributed by atoms with E-state index in [1.165, 1.54) is 5.41 Å². The summed E-state index contributed by atoms with van der Waals surface area (Å²) >= 11 is 0. The molecule has 0 unspecified atom stereocenters. The third-order valence-electron chi connectivity index (χ3n) is 3.70. The lowest BCUT2D eigenvalue weighted by atomic mass is 10.1. The first-order valence-corrected chi connectivity index (χ1v) is 8.94. The highest BCUT2D eigenvalue weighted by molar-refractivity contribution is 7.92. The number of nitrogens with zero attached hydrogens (tertiary/aromatic N) is 2. The van der Waals surface area contributed by atoms with E-state index in [0.29, 0.717) is 13.0 Å². The number of hydrogen-bond donors (Lipinski definition) is 1. The van der Waals surface area contributed by atoms with Gasteiger partial charge < -0.3 is 4.74 Å². The van der Waals surface area contributed by atoms with E-state index in [-0.39, 0.29) is 12.1 Å². The molecule has 0 aliphatic carbocycles. The van der Waals surface area contributed by atoms with Crippen molar-refractivity contribution in [3.8, 4) is 0 Å². The molecule has 1 aliphatic rings. The number of nitrogens with one attached hydrogen (secondary N) is 1. The number of aromatic nitrogens is 2. The minimum absolute atomic E-state index is 0.287. The van der Waals surface area contributed by atoms with E-state index in [9.17, 15) is 8.42 Å². The van der Waals surface area contributed by atoms with Crippen LogP contribution in [-0.2, 0) is 21.8 Å². The lowest BCUT2D eigenvalue weighted by Crippen LogP contribution is -2.35. The van der Waals surface area contributed by atoms with Crippen LogP contribution in [0.2, 0.25) is 0 Å². The van der Waals surface area contributed by atoms with Crippen LogP contribution < -0.4 is 4.72 Å². The van der Waals surface area contributed by atoms with Gasteiger partial charge in [0.05, 0.1) is 12.2 Å². The number of rotatable bonds is 5. The topological polar surface area (TPSA) is 73.2 Å². The van der Waals surface area contributed by atoms with Gasteiger partial charge in [0, 0.05) is 30.8 Å². The van der Waals surface area contributed by atoms with Gasteiger partial charge >= 0.3 is 0 Å². The second-order valence-electron chi connectivity index (χ2n) is 5.51. The maximum atomic E-state index is 12.3. The second-order valence-corrected chi connectivity index (χ2v) is 7.11. The molecular weight excluding hydrogens is 314 g/mol. The smallest absolute Gasteiger partial charge is 0.234 e. The van der Waals surface area contributed by atoms with Crippen LogP contribution in [0.4, 0.5) is 0 Å². The van der Waals surface area contributed by atoms with Gasteiger partial charge in [0.25, 0.3) is 0 Å². The van der Waals surface area contributed by atoms with Crippen LogP contribution in [0.1, 0.15) is 23.7 Å². The fourth-order valence-electron chi connectivity index (χ4n) is 2.61. The third-order valence-corrected chi connectivity index (χ3v) is 4.83. The Balaban J connectivity index is 1.71. The van der Waals surface area contributed by atoms with Crippen molar-refractivity contribution in [2.45, 2.75) is 18.6 Å². The molecule has 2 atom stereocenters. The average Bonchev–Trinajstić information content (AvgIpc) is 3.15. The van der Waals surface area contributed by atoms with Gasteiger partial charge in [0.2, 0.25) is 10.0 Å². The Morgan fingerprint density at radius 2 is 2.13 bits per heavy atom. The van der Waals surface area contributed by atoms with Crippen LogP contribution in [0.5, 0.6) is 0 Å². The predicted molar refractivity (Wildman–Crippen MR) is 87.8 cm³/mol. The molecule has 23 heavy (non-hydrogen) atoms. The van der Waals surface area contributed by atoms with Crippen molar-refractivity contribution in [3.05, 3.63) is 59.3 Å². The molecule has 122 valence electrons. The summed E-state index contributed by atoms with van der Waals surface area (Å²) in [6, 6.07) is 9.03. The van der Waals surface area contributed by atoms with Crippen LogP contribution >= 0.6 is 0 Å². The molecule has 1 aromatic carbocycles. The molecule has 6 nitrogen and oxygen atoms in total. The molecule has 1 aromatic heterocycles. The van der Waals surface area contributed by atoms with Crippen molar-refractivity contribution in [1.29, 1.82) is 0 Å². The van der Waals surface area contributed by atoms with E-state index in [2.05, 4.69) is 9.82 Å². The largest absolute Gasteiger partial charge is 0.372 e. The molecule has 2 aromatic rings. The molecule has 1 N–H and O–H groups in total. The Morgan fingerprint density at radius 3 is 2.83 bits per heavy atom. The molecule has 0 radical (unpaired) electrons. The standard InChI is InChI=1S/C16H19N3O3S/c1-19-12-14(11-17-19)16-15(7-9-22-16)18-23(20,21)10-8-13-5-3-2-4-6-13/h2-6,8,10-12,15-16,18H,7,9H2,1H3/t15-,16+/m0/s1. The summed E-state index contributed by atoms with van der Waals surface area (Å²) in [5.41, 5.74) is 1.72. The molecule has 0 spiro atoms. The predicted octanol–water partition coefficient (Wildman–Crippen LogP) is 1.84. The Morgan fingerprint density at radius 1 is 1.35 bits per heavy atom. The van der Waals surface area contributed by atoms with Gasteiger partial charge in [-0.15, -0.1) is 0 Å². The van der Waals surface area contributed by atoms with Crippen molar-refractivity contribution >= 4 is 16.1 Å². The summed E-state index contributed by atoms with van der Waals surface area (Å²) in [6.07, 6.45) is 5.47. The van der Waals surface area contributed by atoms with Crippen LogP contribution in [0, 0.1) is 0 Å². The van der Waals surface area contributed by atoms with Gasteiger partial charge in [0.15, 0.2) is 0 Å². The highest BCUT2D eigenvalue weighted by Crippen LogP contribution is 2.29. The molecule has 0 amide bonds. The zero-order valence-corrected chi connectivity index (χ0v) is 13.6. The van der Waals surface area contributed by atoms with Gasteiger partial charge in [-0.2, -0.15) is 5.10 Å². The van der Waals surface area contributed by atoms with Gasteiger partial charge in [-0.3, -0.25) is 4.68 Å². The minimum atomic E-state index is -3.54. The average molecular weight is 333 g/mol. The maximum Gasteiger partial charge on any atom is 0.234 e. The maximum absolute atomic E-state index is 12.3. The van der Waals surface area contributed by atoms with E-state index in [1.54, 1.807) is 17.0 Å². The van der Waals surface area contributed by atoms with Gasteiger partial charge in [-0.1, -0.05) is 30.3 Å². The van der Waals surface area contributed by atoms with Crippen molar-refractivity contribution in [3.63, 3.8) is 0 Å². The van der Waals surface area contributed by atoms with Crippen molar-refractivity contribution in [2.75, 3.05) is 6.61 Å². The Kier molecular flexibility index (Phi) is 4.61. The number of sulfonamides is 1. The molecule has 1 saturated heterocycles. The van der Waals surface area contributed by atoms with E-state index in [0.717, 1.165) is 11.1 Å². The van der Waals surface area contributed by atoms with Crippen LogP contribution in [0.3, 0.4) is 0 Å². The number of hydrogen-bond acceptors (Lipinski definition) is 4. The summed E-state index contributed by atoms with van der Waals surface area (Å²) in [4.78, 5) is 0. The van der Waals surface area contributed by atoms with Crippen LogP contribution in [0.15, 0.2) is 48.1 Å². The Hall–Kier alpha value is -1.96. The van der Waals surface area contributed by atoms with Gasteiger partial charge in [-0.05, 0) is 18.1 Å². The van der Waals surface area contributed by atoms with E-state index >= 15 is 0 Å².